The zero-order valence-corrected chi connectivity index (χ0v) is 11.4. The van der Waals surface area contributed by atoms with Crippen molar-refractivity contribution < 1.29 is 14.6 Å². The third-order valence-corrected chi connectivity index (χ3v) is 2.66. The van der Waals surface area contributed by atoms with E-state index < -0.39 is 0 Å². The number of aliphatic hydroxyl groups is 1. The summed E-state index contributed by atoms with van der Waals surface area (Å²) in [5.74, 6) is 0.823. The number of hydrogen-bond acceptors (Lipinski definition) is 4. The fourth-order valence-corrected chi connectivity index (χ4v) is 1.47. The van der Waals surface area contributed by atoms with E-state index in [-0.39, 0.29) is 6.61 Å². The van der Waals surface area contributed by atoms with Crippen LogP contribution in [0.15, 0.2) is 24.3 Å². The highest BCUT2D eigenvalue weighted by molar-refractivity contribution is 6.30. The minimum Gasteiger partial charge on any atom is -0.492 e. The van der Waals surface area contributed by atoms with Gasteiger partial charge in [0.2, 0.25) is 0 Å². The van der Waals surface area contributed by atoms with Gasteiger partial charge in [0.05, 0.1) is 19.8 Å². The molecule has 1 aromatic rings. The molecule has 1 aromatic carbocycles. The van der Waals surface area contributed by atoms with Crippen LogP contribution >= 0.6 is 11.6 Å². The molecule has 0 saturated heterocycles. The first-order chi connectivity index (χ1) is 8.72. The van der Waals surface area contributed by atoms with E-state index in [0.29, 0.717) is 24.8 Å². The number of likely N-dealkylation sites (N-methyl/N-ethyl adjacent to an activating group) is 1. The number of benzene rings is 1. The Labute approximate surface area is 113 Å². The molecule has 0 aliphatic rings. The maximum absolute atomic E-state index is 8.55. The molecule has 0 saturated carbocycles. The summed E-state index contributed by atoms with van der Waals surface area (Å²) >= 11 is 5.78. The molecule has 0 amide bonds. The summed E-state index contributed by atoms with van der Waals surface area (Å²) in [6.07, 6.45) is 0. The molecule has 0 unspecified atom stereocenters. The third kappa shape index (κ3) is 6.81. The van der Waals surface area contributed by atoms with Crippen LogP contribution in [0.5, 0.6) is 5.75 Å². The second kappa shape index (κ2) is 9.16. The first-order valence-electron chi connectivity index (χ1n) is 5.98. The molecule has 18 heavy (non-hydrogen) atoms. The lowest BCUT2D eigenvalue weighted by molar-refractivity contribution is 0.0760. The van der Waals surface area contributed by atoms with E-state index in [1.807, 2.05) is 31.3 Å². The predicted octanol–water partition coefficient (Wildman–Crippen LogP) is 1.66. The van der Waals surface area contributed by atoms with Crippen molar-refractivity contribution in [1.82, 2.24) is 4.90 Å². The van der Waals surface area contributed by atoms with Crippen LogP contribution in [-0.2, 0) is 4.74 Å². The molecule has 0 aliphatic carbocycles. The quantitative estimate of drug-likeness (QED) is 0.695. The van der Waals surface area contributed by atoms with Crippen LogP contribution in [0, 0.1) is 0 Å². The van der Waals surface area contributed by atoms with Gasteiger partial charge < -0.3 is 19.5 Å². The molecule has 1 N–H and O–H groups in total. The first kappa shape index (κ1) is 15.2. The fraction of sp³-hybridized carbons (Fsp3) is 0.538. The Bertz CT molecular complexity index is 319. The minimum absolute atomic E-state index is 0.0728. The van der Waals surface area contributed by atoms with Gasteiger partial charge in [0.25, 0.3) is 0 Å². The van der Waals surface area contributed by atoms with Gasteiger partial charge in [0.1, 0.15) is 12.4 Å². The average molecular weight is 274 g/mol. The van der Waals surface area contributed by atoms with Crippen molar-refractivity contribution in [2.75, 3.05) is 46.6 Å². The summed E-state index contributed by atoms with van der Waals surface area (Å²) in [4.78, 5) is 2.12. The monoisotopic (exact) mass is 273 g/mol. The molecular formula is C13H20ClNO3. The molecule has 0 aromatic heterocycles. The Hall–Kier alpha value is -0.810. The molecule has 0 radical (unpaired) electrons. The topological polar surface area (TPSA) is 41.9 Å². The SMILES string of the molecule is CN(CCOCCO)CCOc1ccc(Cl)cc1. The van der Waals surface area contributed by atoms with Gasteiger partial charge in [0, 0.05) is 18.1 Å². The maximum Gasteiger partial charge on any atom is 0.119 e. The number of hydrogen-bond donors (Lipinski definition) is 1. The Morgan fingerprint density at radius 1 is 1.11 bits per heavy atom. The van der Waals surface area contributed by atoms with Crippen molar-refractivity contribution in [3.05, 3.63) is 29.3 Å². The van der Waals surface area contributed by atoms with Crippen LogP contribution in [0.25, 0.3) is 0 Å². The molecule has 5 heteroatoms. The molecule has 102 valence electrons. The molecule has 0 heterocycles. The van der Waals surface area contributed by atoms with E-state index in [2.05, 4.69) is 4.90 Å². The molecular weight excluding hydrogens is 254 g/mol. The van der Waals surface area contributed by atoms with Crippen LogP contribution in [0.4, 0.5) is 0 Å². The zero-order chi connectivity index (χ0) is 13.2. The van der Waals surface area contributed by atoms with Gasteiger partial charge in [-0.25, -0.2) is 0 Å². The number of halogens is 1. The van der Waals surface area contributed by atoms with Crippen LogP contribution in [0.1, 0.15) is 0 Å². The van der Waals surface area contributed by atoms with E-state index in [1.165, 1.54) is 0 Å². The van der Waals surface area contributed by atoms with Crippen molar-refractivity contribution in [3.8, 4) is 5.75 Å². The average Bonchev–Trinajstić information content (AvgIpc) is 2.37. The molecule has 0 spiro atoms. The Balaban J connectivity index is 2.07. The fourth-order valence-electron chi connectivity index (χ4n) is 1.35. The molecule has 0 aliphatic heterocycles. The van der Waals surface area contributed by atoms with Crippen LogP contribution in [0.3, 0.4) is 0 Å². The molecule has 4 nitrogen and oxygen atoms in total. The number of nitrogens with zero attached hydrogens (tertiary/aromatic N) is 1. The van der Waals surface area contributed by atoms with Crippen LogP contribution in [-0.4, -0.2) is 56.6 Å². The lowest BCUT2D eigenvalue weighted by atomic mass is 10.3. The predicted molar refractivity (Wildman–Crippen MR) is 72.3 cm³/mol. The normalized spacial score (nSPS) is 10.9. The van der Waals surface area contributed by atoms with Crippen molar-refractivity contribution in [3.63, 3.8) is 0 Å². The number of aliphatic hydroxyl groups excluding tert-OH is 1. The summed E-state index contributed by atoms with van der Waals surface area (Å²) in [7, 11) is 2.01. The highest BCUT2D eigenvalue weighted by atomic mass is 35.5. The standard InChI is InChI=1S/C13H20ClNO3/c1-15(6-9-17-11-8-16)7-10-18-13-4-2-12(14)3-5-13/h2-5,16H,6-11H2,1H3. The second-order valence-electron chi connectivity index (χ2n) is 3.94. The smallest absolute Gasteiger partial charge is 0.119 e. The second-order valence-corrected chi connectivity index (χ2v) is 4.38. The van der Waals surface area contributed by atoms with Gasteiger partial charge in [-0.15, -0.1) is 0 Å². The lowest BCUT2D eigenvalue weighted by Gasteiger charge is -2.16. The van der Waals surface area contributed by atoms with E-state index in [4.69, 9.17) is 26.2 Å². The molecule has 0 atom stereocenters. The Morgan fingerprint density at radius 2 is 1.78 bits per heavy atom. The molecule has 0 bridgehead atoms. The van der Waals surface area contributed by atoms with Crippen molar-refractivity contribution >= 4 is 11.6 Å². The highest BCUT2D eigenvalue weighted by Crippen LogP contribution is 2.15. The van der Waals surface area contributed by atoms with Gasteiger partial charge in [-0.3, -0.25) is 0 Å². The summed E-state index contributed by atoms with van der Waals surface area (Å²) in [5.41, 5.74) is 0. The van der Waals surface area contributed by atoms with E-state index in [9.17, 15) is 0 Å². The van der Waals surface area contributed by atoms with Gasteiger partial charge >= 0.3 is 0 Å². The summed E-state index contributed by atoms with van der Waals surface area (Å²) in [6, 6.07) is 7.33. The van der Waals surface area contributed by atoms with E-state index >= 15 is 0 Å². The summed E-state index contributed by atoms with van der Waals surface area (Å²) < 4.78 is 10.8. The van der Waals surface area contributed by atoms with Gasteiger partial charge in [0.15, 0.2) is 0 Å². The zero-order valence-electron chi connectivity index (χ0n) is 10.6. The first-order valence-corrected chi connectivity index (χ1v) is 6.35. The van der Waals surface area contributed by atoms with Gasteiger partial charge in [-0.05, 0) is 31.3 Å². The third-order valence-electron chi connectivity index (χ3n) is 2.41. The maximum atomic E-state index is 8.55. The number of ether oxygens (including phenoxy) is 2. The molecule has 0 fully saturated rings. The number of rotatable bonds is 9. The van der Waals surface area contributed by atoms with Crippen molar-refractivity contribution in [2.45, 2.75) is 0 Å². The van der Waals surface area contributed by atoms with E-state index in [0.717, 1.165) is 18.8 Å². The summed E-state index contributed by atoms with van der Waals surface area (Å²) in [6.45, 7) is 3.36. The van der Waals surface area contributed by atoms with Gasteiger partial charge in [-0.2, -0.15) is 0 Å². The summed E-state index contributed by atoms with van der Waals surface area (Å²) in [5, 5.41) is 9.26. The van der Waals surface area contributed by atoms with Crippen LogP contribution < -0.4 is 4.74 Å². The van der Waals surface area contributed by atoms with Crippen molar-refractivity contribution in [1.29, 1.82) is 0 Å². The van der Waals surface area contributed by atoms with Gasteiger partial charge in [-0.1, -0.05) is 11.6 Å². The van der Waals surface area contributed by atoms with E-state index in [1.54, 1.807) is 0 Å². The van der Waals surface area contributed by atoms with Crippen LogP contribution in [0.2, 0.25) is 5.02 Å². The highest BCUT2D eigenvalue weighted by Gasteiger charge is 1.99. The largest absolute Gasteiger partial charge is 0.492 e. The molecule has 1 rings (SSSR count). The Kier molecular flexibility index (Phi) is 7.76. The van der Waals surface area contributed by atoms with Crippen molar-refractivity contribution in [2.24, 2.45) is 0 Å². The Morgan fingerprint density at radius 3 is 2.44 bits per heavy atom. The lowest BCUT2D eigenvalue weighted by Crippen LogP contribution is -2.28. The minimum atomic E-state index is 0.0728.